The molecule has 120 valence electrons. The second kappa shape index (κ2) is 6.11. The van der Waals surface area contributed by atoms with Crippen molar-refractivity contribution in [2.75, 3.05) is 13.3 Å². The van der Waals surface area contributed by atoms with Crippen LogP contribution in [0.5, 0.6) is 0 Å². The van der Waals surface area contributed by atoms with Gasteiger partial charge in [-0.25, -0.2) is 13.2 Å². The molecule has 7 heteroatoms. The Morgan fingerprint density at radius 2 is 1.74 bits per heavy atom. The zero-order valence-corrected chi connectivity index (χ0v) is 12.9. The third-order valence-electron chi connectivity index (χ3n) is 3.70. The monoisotopic (exact) mass is 333 g/mol. The largest absolute Gasteiger partial charge is 0.478 e. The van der Waals surface area contributed by atoms with Gasteiger partial charge in [-0.2, -0.15) is 4.31 Å². The highest BCUT2D eigenvalue weighted by atomic mass is 32.2. The molecule has 0 spiro atoms. The van der Waals surface area contributed by atoms with Gasteiger partial charge in [-0.1, -0.05) is 30.3 Å². The third-order valence-corrected chi connectivity index (χ3v) is 5.50. The highest BCUT2D eigenvalue weighted by Crippen LogP contribution is 2.28. The van der Waals surface area contributed by atoms with Crippen LogP contribution in [0.4, 0.5) is 0 Å². The molecule has 2 aromatic rings. The van der Waals surface area contributed by atoms with Crippen molar-refractivity contribution in [3.8, 4) is 0 Å². The minimum absolute atomic E-state index is 0.0252. The Kier molecular flexibility index (Phi) is 4.16. The molecular formula is C16H15NO5S. The van der Waals surface area contributed by atoms with E-state index in [-0.39, 0.29) is 29.8 Å². The van der Waals surface area contributed by atoms with E-state index >= 15 is 0 Å². The van der Waals surface area contributed by atoms with Crippen molar-refractivity contribution in [3.05, 3.63) is 65.7 Å². The van der Waals surface area contributed by atoms with Gasteiger partial charge in [-0.15, -0.1) is 0 Å². The predicted molar refractivity (Wildman–Crippen MR) is 82.4 cm³/mol. The minimum atomic E-state index is -3.71. The number of nitrogens with zero attached hydrogens (tertiary/aromatic N) is 1. The summed E-state index contributed by atoms with van der Waals surface area (Å²) >= 11 is 0. The number of hydrogen-bond acceptors (Lipinski definition) is 4. The molecule has 0 radical (unpaired) electrons. The third kappa shape index (κ3) is 3.12. The number of carboxylic acids is 1. The zero-order chi connectivity index (χ0) is 16.4. The SMILES string of the molecule is O=C(O)c1ccc(S(=O)(=O)N2COC(c3ccccc3)C2)cc1. The summed E-state index contributed by atoms with van der Waals surface area (Å²) in [5.41, 5.74) is 0.968. The first-order chi connectivity index (χ1) is 11.0. The Labute approximate surface area is 134 Å². The van der Waals surface area contributed by atoms with Gasteiger partial charge in [0, 0.05) is 6.54 Å². The van der Waals surface area contributed by atoms with Crippen molar-refractivity contribution in [1.82, 2.24) is 4.31 Å². The van der Waals surface area contributed by atoms with Crippen LogP contribution in [0.25, 0.3) is 0 Å². The molecule has 1 aliphatic rings. The van der Waals surface area contributed by atoms with Gasteiger partial charge in [0.15, 0.2) is 0 Å². The summed E-state index contributed by atoms with van der Waals surface area (Å²) in [6.07, 6.45) is -0.302. The van der Waals surface area contributed by atoms with Gasteiger partial charge in [0.1, 0.15) is 6.73 Å². The lowest BCUT2D eigenvalue weighted by Crippen LogP contribution is -2.28. The first-order valence-electron chi connectivity index (χ1n) is 6.98. The summed E-state index contributed by atoms with van der Waals surface area (Å²) in [7, 11) is -3.71. The number of carbonyl (C=O) groups is 1. The number of hydrogen-bond donors (Lipinski definition) is 1. The van der Waals surface area contributed by atoms with Crippen LogP contribution in [0.3, 0.4) is 0 Å². The predicted octanol–water partition coefficient (Wildman–Crippen LogP) is 2.10. The Balaban J connectivity index is 1.79. The van der Waals surface area contributed by atoms with Crippen LogP contribution in [0.1, 0.15) is 22.0 Å². The Bertz CT molecular complexity index is 802. The number of carboxylic acid groups (broad SMARTS) is 1. The maximum Gasteiger partial charge on any atom is 0.335 e. The van der Waals surface area contributed by atoms with Crippen molar-refractivity contribution in [1.29, 1.82) is 0 Å². The van der Waals surface area contributed by atoms with E-state index in [1.54, 1.807) is 0 Å². The van der Waals surface area contributed by atoms with Gasteiger partial charge in [0.2, 0.25) is 10.0 Å². The van der Waals surface area contributed by atoms with Crippen LogP contribution in [-0.2, 0) is 14.8 Å². The number of benzene rings is 2. The van der Waals surface area contributed by atoms with E-state index in [0.717, 1.165) is 5.56 Å². The second-order valence-corrected chi connectivity index (χ2v) is 7.10. The van der Waals surface area contributed by atoms with Gasteiger partial charge < -0.3 is 9.84 Å². The maximum atomic E-state index is 12.6. The number of aromatic carboxylic acids is 1. The fourth-order valence-electron chi connectivity index (χ4n) is 2.42. The molecule has 0 aliphatic carbocycles. The first-order valence-corrected chi connectivity index (χ1v) is 8.42. The fourth-order valence-corrected chi connectivity index (χ4v) is 3.73. The van der Waals surface area contributed by atoms with Crippen molar-refractivity contribution >= 4 is 16.0 Å². The molecule has 1 fully saturated rings. The molecule has 3 rings (SSSR count). The van der Waals surface area contributed by atoms with Crippen molar-refractivity contribution < 1.29 is 23.1 Å². The first kappa shape index (κ1) is 15.7. The summed E-state index contributed by atoms with van der Waals surface area (Å²) in [4.78, 5) is 10.9. The molecular weight excluding hydrogens is 318 g/mol. The Hall–Kier alpha value is -2.22. The normalized spacial score (nSPS) is 18.9. The lowest BCUT2D eigenvalue weighted by Gasteiger charge is -2.14. The minimum Gasteiger partial charge on any atom is -0.478 e. The molecule has 0 aromatic heterocycles. The molecule has 1 N–H and O–H groups in total. The number of rotatable bonds is 4. The Morgan fingerprint density at radius 3 is 2.35 bits per heavy atom. The number of ether oxygens (including phenoxy) is 1. The van der Waals surface area contributed by atoms with Gasteiger partial charge in [0.05, 0.1) is 16.6 Å². The topological polar surface area (TPSA) is 83.9 Å². The van der Waals surface area contributed by atoms with Gasteiger partial charge in [-0.05, 0) is 29.8 Å². The molecule has 6 nitrogen and oxygen atoms in total. The quantitative estimate of drug-likeness (QED) is 0.926. The molecule has 1 atom stereocenters. The van der Waals surface area contributed by atoms with Gasteiger partial charge >= 0.3 is 5.97 Å². The molecule has 2 aromatic carbocycles. The number of sulfonamides is 1. The van der Waals surface area contributed by atoms with E-state index in [1.165, 1.54) is 28.6 Å². The van der Waals surface area contributed by atoms with Crippen molar-refractivity contribution in [2.24, 2.45) is 0 Å². The van der Waals surface area contributed by atoms with Crippen molar-refractivity contribution in [3.63, 3.8) is 0 Å². The highest BCUT2D eigenvalue weighted by Gasteiger charge is 2.34. The second-order valence-electron chi connectivity index (χ2n) is 5.16. The molecule has 1 heterocycles. The molecule has 23 heavy (non-hydrogen) atoms. The molecule has 0 saturated carbocycles. The molecule has 1 unspecified atom stereocenters. The van der Waals surface area contributed by atoms with E-state index in [9.17, 15) is 13.2 Å². The lowest BCUT2D eigenvalue weighted by atomic mass is 10.1. The van der Waals surface area contributed by atoms with E-state index < -0.39 is 16.0 Å². The van der Waals surface area contributed by atoms with Crippen LogP contribution in [0.15, 0.2) is 59.5 Å². The average molecular weight is 333 g/mol. The fraction of sp³-hybridized carbons (Fsp3) is 0.188. The van der Waals surface area contributed by atoms with Crippen LogP contribution >= 0.6 is 0 Å². The summed E-state index contributed by atoms with van der Waals surface area (Å²) in [6, 6.07) is 14.6. The lowest BCUT2D eigenvalue weighted by molar-refractivity contribution is 0.0696. The molecule has 0 amide bonds. The summed E-state index contributed by atoms with van der Waals surface area (Å²) in [6.45, 7) is 0.204. The van der Waals surface area contributed by atoms with Crippen LogP contribution in [0.2, 0.25) is 0 Å². The van der Waals surface area contributed by atoms with Crippen LogP contribution in [-0.4, -0.2) is 37.1 Å². The summed E-state index contributed by atoms with van der Waals surface area (Å²) in [5.74, 6) is -1.09. The standard InChI is InChI=1S/C16H15NO5S/c18-16(19)13-6-8-14(9-7-13)23(20,21)17-10-15(22-11-17)12-4-2-1-3-5-12/h1-9,15H,10-11H2,(H,18,19). The molecule has 1 saturated heterocycles. The molecule has 1 aliphatic heterocycles. The van der Waals surface area contributed by atoms with Gasteiger partial charge in [0.25, 0.3) is 0 Å². The van der Waals surface area contributed by atoms with Gasteiger partial charge in [-0.3, -0.25) is 0 Å². The van der Waals surface area contributed by atoms with E-state index in [0.29, 0.717) is 0 Å². The van der Waals surface area contributed by atoms with E-state index in [1.807, 2.05) is 30.3 Å². The summed E-state index contributed by atoms with van der Waals surface area (Å²) in [5, 5.41) is 8.87. The van der Waals surface area contributed by atoms with E-state index in [4.69, 9.17) is 9.84 Å². The summed E-state index contributed by atoms with van der Waals surface area (Å²) < 4.78 is 32.0. The molecule has 0 bridgehead atoms. The Morgan fingerprint density at radius 1 is 1.09 bits per heavy atom. The smallest absolute Gasteiger partial charge is 0.335 e. The zero-order valence-electron chi connectivity index (χ0n) is 12.1. The maximum absolute atomic E-state index is 12.6. The van der Waals surface area contributed by atoms with Crippen LogP contribution < -0.4 is 0 Å². The average Bonchev–Trinajstić information content (AvgIpc) is 3.06. The highest BCUT2D eigenvalue weighted by molar-refractivity contribution is 7.89. The van der Waals surface area contributed by atoms with E-state index in [2.05, 4.69) is 0 Å². The van der Waals surface area contributed by atoms with Crippen LogP contribution in [0, 0.1) is 0 Å². The van der Waals surface area contributed by atoms with Crippen molar-refractivity contribution in [2.45, 2.75) is 11.0 Å².